The molecule has 1 aliphatic rings. The molecular formula is C19H20ClNO2. The van der Waals surface area contributed by atoms with Gasteiger partial charge in [0.05, 0.1) is 13.2 Å². The van der Waals surface area contributed by atoms with Gasteiger partial charge in [0.1, 0.15) is 6.10 Å². The Kier molecular flexibility index (Phi) is 5.31. The van der Waals surface area contributed by atoms with E-state index in [1.807, 2.05) is 47.4 Å². The number of hydrogen-bond acceptors (Lipinski definition) is 2. The zero-order chi connectivity index (χ0) is 16.1. The summed E-state index contributed by atoms with van der Waals surface area (Å²) >= 11 is 5.92. The van der Waals surface area contributed by atoms with Crippen LogP contribution in [0.4, 0.5) is 0 Å². The summed E-state index contributed by atoms with van der Waals surface area (Å²) in [6.45, 7) is 1.84. The molecule has 0 spiro atoms. The third kappa shape index (κ3) is 4.34. The first-order valence-electron chi connectivity index (χ1n) is 7.91. The fraction of sp³-hybridized carbons (Fsp3) is 0.316. The fourth-order valence-electron chi connectivity index (χ4n) is 2.81. The monoisotopic (exact) mass is 329 g/mol. The summed E-state index contributed by atoms with van der Waals surface area (Å²) in [5.74, 6) is 0.191. The van der Waals surface area contributed by atoms with Gasteiger partial charge in [-0.3, -0.25) is 4.79 Å². The van der Waals surface area contributed by atoms with E-state index in [0.29, 0.717) is 31.1 Å². The van der Waals surface area contributed by atoms with Crippen molar-refractivity contribution in [1.82, 2.24) is 4.90 Å². The first-order valence-corrected chi connectivity index (χ1v) is 8.29. The highest BCUT2D eigenvalue weighted by atomic mass is 35.5. The number of rotatable bonds is 4. The molecule has 1 saturated heterocycles. The number of morpholine rings is 1. The number of hydrogen-bond donors (Lipinski definition) is 0. The van der Waals surface area contributed by atoms with Crippen molar-refractivity contribution in [2.45, 2.75) is 18.9 Å². The van der Waals surface area contributed by atoms with E-state index in [2.05, 4.69) is 12.1 Å². The minimum absolute atomic E-state index is 0.0679. The summed E-state index contributed by atoms with van der Waals surface area (Å²) in [6, 6.07) is 17.8. The summed E-state index contributed by atoms with van der Waals surface area (Å²) in [6.07, 6.45) is 1.25. The van der Waals surface area contributed by atoms with Crippen LogP contribution < -0.4 is 0 Å². The second-order valence-electron chi connectivity index (χ2n) is 5.74. The smallest absolute Gasteiger partial charge is 0.223 e. The summed E-state index contributed by atoms with van der Waals surface area (Å²) in [4.78, 5) is 14.4. The van der Waals surface area contributed by atoms with E-state index in [9.17, 15) is 4.79 Å². The maximum absolute atomic E-state index is 12.5. The third-order valence-electron chi connectivity index (χ3n) is 4.13. The molecule has 0 saturated carbocycles. The maximum Gasteiger partial charge on any atom is 0.223 e. The van der Waals surface area contributed by atoms with Crippen LogP contribution in [0, 0.1) is 0 Å². The minimum atomic E-state index is -0.0679. The zero-order valence-electron chi connectivity index (χ0n) is 13.0. The van der Waals surface area contributed by atoms with E-state index >= 15 is 0 Å². The van der Waals surface area contributed by atoms with E-state index < -0.39 is 0 Å². The van der Waals surface area contributed by atoms with Crippen LogP contribution in [0.2, 0.25) is 5.02 Å². The van der Waals surface area contributed by atoms with Crippen LogP contribution in [0.1, 0.15) is 23.7 Å². The summed E-state index contributed by atoms with van der Waals surface area (Å²) < 4.78 is 5.81. The summed E-state index contributed by atoms with van der Waals surface area (Å²) in [5.41, 5.74) is 2.26. The molecule has 0 aromatic heterocycles. The molecule has 23 heavy (non-hydrogen) atoms. The van der Waals surface area contributed by atoms with Crippen LogP contribution in [0.3, 0.4) is 0 Å². The van der Waals surface area contributed by atoms with E-state index in [0.717, 1.165) is 12.0 Å². The van der Waals surface area contributed by atoms with Gasteiger partial charge < -0.3 is 9.64 Å². The number of carbonyl (C=O) groups is 1. The van der Waals surface area contributed by atoms with E-state index in [-0.39, 0.29) is 12.0 Å². The molecule has 3 rings (SSSR count). The zero-order valence-corrected chi connectivity index (χ0v) is 13.7. The molecule has 3 nitrogen and oxygen atoms in total. The molecule has 0 N–H and O–H groups in total. The molecule has 1 atom stereocenters. The molecule has 0 radical (unpaired) electrons. The van der Waals surface area contributed by atoms with Crippen LogP contribution in [0.15, 0.2) is 54.6 Å². The largest absolute Gasteiger partial charge is 0.370 e. The number of carbonyl (C=O) groups excluding carboxylic acids is 1. The Labute approximate surface area is 141 Å². The molecule has 1 aliphatic heterocycles. The summed E-state index contributed by atoms with van der Waals surface area (Å²) in [5, 5.41) is 0.709. The molecule has 2 aromatic rings. The summed E-state index contributed by atoms with van der Waals surface area (Å²) in [7, 11) is 0. The lowest BCUT2D eigenvalue weighted by Gasteiger charge is -2.33. The Bertz CT molecular complexity index is 642. The number of benzene rings is 2. The van der Waals surface area contributed by atoms with E-state index in [1.165, 1.54) is 5.56 Å². The van der Waals surface area contributed by atoms with Crippen LogP contribution in [-0.2, 0) is 16.0 Å². The Morgan fingerprint density at radius 3 is 2.61 bits per heavy atom. The molecule has 2 aromatic carbocycles. The normalized spacial score (nSPS) is 18.0. The molecular weight excluding hydrogens is 310 g/mol. The first kappa shape index (κ1) is 16.0. The van der Waals surface area contributed by atoms with Crippen molar-refractivity contribution in [2.75, 3.05) is 19.7 Å². The molecule has 0 bridgehead atoms. The Morgan fingerprint density at radius 2 is 1.87 bits per heavy atom. The Morgan fingerprint density at radius 1 is 1.13 bits per heavy atom. The molecule has 4 heteroatoms. The molecule has 1 fully saturated rings. The standard InChI is InChI=1S/C19H20ClNO2/c20-17-9-7-16(8-10-17)18-14-21(12-13-23-18)19(22)11-6-15-4-2-1-3-5-15/h1-5,7-10,18H,6,11-14H2. The van der Waals surface area contributed by atoms with Gasteiger partial charge in [-0.05, 0) is 29.7 Å². The lowest BCUT2D eigenvalue weighted by molar-refractivity contribution is -0.139. The minimum Gasteiger partial charge on any atom is -0.370 e. The lowest BCUT2D eigenvalue weighted by atomic mass is 10.1. The lowest BCUT2D eigenvalue weighted by Crippen LogP contribution is -2.42. The van der Waals surface area contributed by atoms with Gasteiger partial charge in [-0.1, -0.05) is 54.1 Å². The molecule has 120 valence electrons. The quantitative estimate of drug-likeness (QED) is 0.852. The van der Waals surface area contributed by atoms with Crippen molar-refractivity contribution in [1.29, 1.82) is 0 Å². The van der Waals surface area contributed by atoms with Crippen LogP contribution in [0.25, 0.3) is 0 Å². The first-order chi connectivity index (χ1) is 11.2. The van der Waals surface area contributed by atoms with Gasteiger partial charge in [-0.15, -0.1) is 0 Å². The highest BCUT2D eigenvalue weighted by Crippen LogP contribution is 2.24. The molecule has 1 amide bonds. The van der Waals surface area contributed by atoms with Crippen molar-refractivity contribution in [3.05, 3.63) is 70.7 Å². The Hall–Kier alpha value is -1.84. The van der Waals surface area contributed by atoms with Gasteiger partial charge in [-0.25, -0.2) is 0 Å². The number of ether oxygens (including phenoxy) is 1. The third-order valence-corrected chi connectivity index (χ3v) is 4.38. The van der Waals surface area contributed by atoms with Crippen molar-refractivity contribution < 1.29 is 9.53 Å². The van der Waals surface area contributed by atoms with Crippen molar-refractivity contribution >= 4 is 17.5 Å². The van der Waals surface area contributed by atoms with Crippen LogP contribution in [-0.4, -0.2) is 30.5 Å². The maximum atomic E-state index is 12.5. The number of amides is 1. The molecule has 0 aliphatic carbocycles. The van der Waals surface area contributed by atoms with Crippen LogP contribution in [0.5, 0.6) is 0 Å². The van der Waals surface area contributed by atoms with E-state index in [4.69, 9.17) is 16.3 Å². The van der Waals surface area contributed by atoms with Crippen molar-refractivity contribution in [3.8, 4) is 0 Å². The van der Waals surface area contributed by atoms with Gasteiger partial charge >= 0.3 is 0 Å². The highest BCUT2D eigenvalue weighted by molar-refractivity contribution is 6.30. The van der Waals surface area contributed by atoms with Gasteiger partial charge in [0, 0.05) is 18.0 Å². The number of aryl methyl sites for hydroxylation is 1. The molecule has 1 heterocycles. The van der Waals surface area contributed by atoms with Crippen LogP contribution >= 0.6 is 11.6 Å². The average molecular weight is 330 g/mol. The average Bonchev–Trinajstić information content (AvgIpc) is 2.61. The van der Waals surface area contributed by atoms with Gasteiger partial charge in [0.25, 0.3) is 0 Å². The molecule has 1 unspecified atom stereocenters. The predicted molar refractivity (Wildman–Crippen MR) is 91.5 cm³/mol. The second-order valence-corrected chi connectivity index (χ2v) is 6.17. The van der Waals surface area contributed by atoms with Crippen molar-refractivity contribution in [3.63, 3.8) is 0 Å². The topological polar surface area (TPSA) is 29.5 Å². The van der Waals surface area contributed by atoms with Gasteiger partial charge in [0.2, 0.25) is 5.91 Å². The second kappa shape index (κ2) is 7.62. The van der Waals surface area contributed by atoms with E-state index in [1.54, 1.807) is 0 Å². The highest BCUT2D eigenvalue weighted by Gasteiger charge is 2.25. The SMILES string of the molecule is O=C(CCc1ccccc1)N1CCOC(c2ccc(Cl)cc2)C1. The van der Waals surface area contributed by atoms with Gasteiger partial charge in [-0.2, -0.15) is 0 Å². The van der Waals surface area contributed by atoms with Crippen molar-refractivity contribution in [2.24, 2.45) is 0 Å². The van der Waals surface area contributed by atoms with Gasteiger partial charge in [0.15, 0.2) is 0 Å². The number of halogens is 1. The fourth-order valence-corrected chi connectivity index (χ4v) is 2.93. The predicted octanol–water partition coefficient (Wildman–Crippen LogP) is 3.87. The Balaban J connectivity index is 1.57. The number of nitrogens with zero attached hydrogens (tertiary/aromatic N) is 1.